The number of carboxylic acid groups (broad SMARTS) is 1. The zero-order chi connectivity index (χ0) is 15.6. The number of rotatable bonds is 5. The third kappa shape index (κ3) is 2.41. The first-order chi connectivity index (χ1) is 10.0. The Balaban J connectivity index is 2.77. The highest BCUT2D eigenvalue weighted by atomic mass is 79.9. The second-order valence-corrected chi connectivity index (χ2v) is 5.95. The van der Waals surface area contributed by atoms with E-state index in [1.165, 1.54) is 14.2 Å². The van der Waals surface area contributed by atoms with E-state index in [1.54, 1.807) is 6.07 Å². The van der Waals surface area contributed by atoms with E-state index in [1.807, 2.05) is 0 Å². The summed E-state index contributed by atoms with van der Waals surface area (Å²) in [6.45, 7) is 0. The van der Waals surface area contributed by atoms with Gasteiger partial charge in [0.15, 0.2) is 17.8 Å². The number of benzene rings is 1. The van der Waals surface area contributed by atoms with Crippen molar-refractivity contribution >= 4 is 28.2 Å². The van der Waals surface area contributed by atoms with E-state index in [-0.39, 0.29) is 5.75 Å². The molecule has 114 valence electrons. The predicted molar refractivity (Wildman–Crippen MR) is 80.4 cm³/mol. The third-order valence-electron chi connectivity index (χ3n) is 4.13. The van der Waals surface area contributed by atoms with Gasteiger partial charge in [-0.15, -0.1) is 0 Å². The highest BCUT2D eigenvalue weighted by Crippen LogP contribution is 2.50. The minimum Gasteiger partial charge on any atom is -0.493 e. The van der Waals surface area contributed by atoms with Gasteiger partial charge in [0.1, 0.15) is 0 Å². The number of carboxylic acids is 1. The van der Waals surface area contributed by atoms with E-state index in [9.17, 15) is 14.7 Å². The monoisotopic (exact) mass is 356 g/mol. The van der Waals surface area contributed by atoms with E-state index in [2.05, 4.69) is 15.9 Å². The summed E-state index contributed by atoms with van der Waals surface area (Å²) in [5, 5.41) is 9.74. The zero-order valence-electron chi connectivity index (χ0n) is 11.9. The number of hydrogen-bond acceptors (Lipinski definition) is 4. The van der Waals surface area contributed by atoms with Crippen molar-refractivity contribution in [3.05, 3.63) is 21.7 Å². The van der Waals surface area contributed by atoms with Crippen LogP contribution in [0.15, 0.2) is 10.5 Å². The number of carbonyl (C=O) groups excluding carboxylic acids is 1. The average Bonchev–Trinajstić information content (AvgIpc) is 2.96. The van der Waals surface area contributed by atoms with Crippen LogP contribution in [-0.4, -0.2) is 31.6 Å². The first-order valence-electron chi connectivity index (χ1n) is 6.65. The van der Waals surface area contributed by atoms with Crippen LogP contribution in [0.1, 0.15) is 41.6 Å². The molecule has 0 aromatic heterocycles. The highest BCUT2D eigenvalue weighted by Gasteiger charge is 2.46. The van der Waals surface area contributed by atoms with Gasteiger partial charge in [0.2, 0.25) is 0 Å². The van der Waals surface area contributed by atoms with Crippen molar-refractivity contribution in [1.29, 1.82) is 0 Å². The molecule has 0 radical (unpaired) electrons. The van der Waals surface area contributed by atoms with Crippen molar-refractivity contribution in [1.82, 2.24) is 0 Å². The number of ether oxygens (including phenoxy) is 2. The fraction of sp³-hybridized carbons (Fsp3) is 0.467. The summed E-state index contributed by atoms with van der Waals surface area (Å²) < 4.78 is 11.2. The smallest absolute Gasteiger partial charge is 0.314 e. The van der Waals surface area contributed by atoms with Crippen molar-refractivity contribution in [2.24, 2.45) is 0 Å². The van der Waals surface area contributed by atoms with E-state index < -0.39 is 11.4 Å². The van der Waals surface area contributed by atoms with Crippen molar-refractivity contribution in [2.75, 3.05) is 14.2 Å². The van der Waals surface area contributed by atoms with Crippen LogP contribution in [0, 0.1) is 0 Å². The summed E-state index contributed by atoms with van der Waals surface area (Å²) >= 11 is 3.32. The summed E-state index contributed by atoms with van der Waals surface area (Å²) in [5.74, 6) is -0.275. The average molecular weight is 357 g/mol. The van der Waals surface area contributed by atoms with E-state index in [0.717, 1.165) is 12.8 Å². The number of aldehydes is 1. The molecule has 1 aliphatic carbocycles. The lowest BCUT2D eigenvalue weighted by Gasteiger charge is -2.28. The molecule has 0 heterocycles. The molecule has 0 aliphatic heterocycles. The Morgan fingerprint density at radius 1 is 1.29 bits per heavy atom. The first-order valence-corrected chi connectivity index (χ1v) is 7.44. The first kappa shape index (κ1) is 15.8. The van der Waals surface area contributed by atoms with E-state index in [4.69, 9.17) is 9.47 Å². The maximum Gasteiger partial charge on any atom is 0.314 e. The molecule has 1 aromatic carbocycles. The Labute approximate surface area is 131 Å². The van der Waals surface area contributed by atoms with E-state index >= 15 is 0 Å². The Kier molecular flexibility index (Phi) is 4.56. The third-order valence-corrected chi connectivity index (χ3v) is 4.79. The van der Waals surface area contributed by atoms with Crippen LogP contribution in [0.3, 0.4) is 0 Å². The molecule has 0 atom stereocenters. The van der Waals surface area contributed by atoms with Gasteiger partial charge >= 0.3 is 5.97 Å². The van der Waals surface area contributed by atoms with Gasteiger partial charge in [-0.2, -0.15) is 0 Å². The minimum atomic E-state index is -0.984. The lowest BCUT2D eigenvalue weighted by Crippen LogP contribution is -2.33. The van der Waals surface area contributed by atoms with Gasteiger partial charge in [0, 0.05) is 10.0 Å². The molecule has 21 heavy (non-hydrogen) atoms. The van der Waals surface area contributed by atoms with Crippen LogP contribution in [0.4, 0.5) is 0 Å². The summed E-state index contributed by atoms with van der Waals surface area (Å²) in [7, 11) is 2.89. The molecule has 0 amide bonds. The van der Waals surface area contributed by atoms with Crippen LogP contribution in [0.25, 0.3) is 0 Å². The van der Waals surface area contributed by atoms with Crippen molar-refractivity contribution < 1.29 is 24.2 Å². The van der Waals surface area contributed by atoms with Gasteiger partial charge in [-0.3, -0.25) is 9.59 Å². The number of aliphatic carboxylic acids is 1. The summed E-state index contributed by atoms with van der Waals surface area (Å²) in [6.07, 6.45) is 3.47. The molecule has 1 aromatic rings. The molecule has 2 rings (SSSR count). The molecule has 0 bridgehead atoms. The minimum absolute atomic E-state index is 0.268. The van der Waals surface area contributed by atoms with Crippen LogP contribution in [0.2, 0.25) is 0 Å². The molecule has 1 aliphatic rings. The molecular weight excluding hydrogens is 340 g/mol. The van der Waals surface area contributed by atoms with Gasteiger partial charge in [0.05, 0.1) is 25.2 Å². The number of halogens is 1. The maximum atomic E-state index is 11.9. The van der Waals surface area contributed by atoms with Gasteiger partial charge in [-0.1, -0.05) is 12.8 Å². The Hall–Kier alpha value is -1.56. The normalized spacial score (nSPS) is 16.5. The Bertz CT molecular complexity index is 576. The van der Waals surface area contributed by atoms with Crippen LogP contribution < -0.4 is 9.47 Å². The van der Waals surface area contributed by atoms with Gasteiger partial charge in [0.25, 0.3) is 0 Å². The molecule has 1 N–H and O–H groups in total. The lowest BCUT2D eigenvalue weighted by atomic mass is 9.78. The molecular formula is C15H17BrO5. The number of carbonyl (C=O) groups is 2. The summed E-state index contributed by atoms with van der Waals surface area (Å²) in [5.41, 5.74) is -0.108. The quantitative estimate of drug-likeness (QED) is 0.820. The largest absolute Gasteiger partial charge is 0.493 e. The molecule has 0 unspecified atom stereocenters. The van der Waals surface area contributed by atoms with Crippen molar-refractivity contribution in [3.8, 4) is 11.5 Å². The molecule has 5 nitrogen and oxygen atoms in total. The van der Waals surface area contributed by atoms with Crippen molar-refractivity contribution in [3.63, 3.8) is 0 Å². The molecule has 0 saturated heterocycles. The van der Waals surface area contributed by atoms with Crippen LogP contribution in [0.5, 0.6) is 11.5 Å². The number of methoxy groups -OCH3 is 2. The van der Waals surface area contributed by atoms with Crippen LogP contribution >= 0.6 is 15.9 Å². The second kappa shape index (κ2) is 6.05. The maximum absolute atomic E-state index is 11.9. The van der Waals surface area contributed by atoms with Gasteiger partial charge in [-0.05, 0) is 34.8 Å². The van der Waals surface area contributed by atoms with Gasteiger partial charge in [-0.25, -0.2) is 0 Å². The van der Waals surface area contributed by atoms with E-state index in [0.29, 0.717) is 40.5 Å². The predicted octanol–water partition coefficient (Wildman–Crippen LogP) is 3.18. The highest BCUT2D eigenvalue weighted by molar-refractivity contribution is 9.10. The SMILES string of the molecule is COc1c(C2(C(=O)O)CCCC2)cc(Br)c(C=O)c1OC. The summed E-state index contributed by atoms with van der Waals surface area (Å²) in [4.78, 5) is 23.1. The molecule has 6 heteroatoms. The fourth-order valence-corrected chi connectivity index (χ4v) is 3.57. The number of hydrogen-bond donors (Lipinski definition) is 1. The van der Waals surface area contributed by atoms with Crippen LogP contribution in [-0.2, 0) is 10.2 Å². The molecule has 1 saturated carbocycles. The summed E-state index contributed by atoms with van der Waals surface area (Å²) in [6, 6.07) is 1.67. The molecule has 0 spiro atoms. The standard InChI is InChI=1S/C15H17BrO5/c1-20-12-9(8-17)11(16)7-10(13(12)21-2)15(14(18)19)5-3-4-6-15/h7-8H,3-6H2,1-2H3,(H,18,19). The lowest BCUT2D eigenvalue weighted by molar-refractivity contribution is -0.143. The molecule has 1 fully saturated rings. The zero-order valence-corrected chi connectivity index (χ0v) is 13.5. The van der Waals surface area contributed by atoms with Crippen molar-refractivity contribution in [2.45, 2.75) is 31.1 Å². The fourth-order valence-electron chi connectivity index (χ4n) is 3.07. The second-order valence-electron chi connectivity index (χ2n) is 5.10. The Morgan fingerprint density at radius 2 is 1.86 bits per heavy atom. The van der Waals surface area contributed by atoms with Gasteiger partial charge < -0.3 is 14.6 Å². The topological polar surface area (TPSA) is 72.8 Å². The Morgan fingerprint density at radius 3 is 2.29 bits per heavy atom.